The van der Waals surface area contributed by atoms with Gasteiger partial charge in [-0.05, 0) is 25.7 Å². The second kappa shape index (κ2) is 6.47. The molecule has 1 aliphatic carbocycles. The maximum absolute atomic E-state index is 11.2. The fraction of sp³-hybridized carbons (Fsp3) is 0.615. The number of aliphatic carboxylic acids is 1. The summed E-state index contributed by atoms with van der Waals surface area (Å²) >= 11 is 0. The largest absolute Gasteiger partial charge is 0.480 e. The predicted octanol–water partition coefficient (Wildman–Crippen LogP) is 1.26. The first-order chi connectivity index (χ1) is 9.22. The molecule has 0 radical (unpaired) electrons. The summed E-state index contributed by atoms with van der Waals surface area (Å²) in [6.07, 6.45) is 6.00. The van der Waals surface area contributed by atoms with E-state index in [2.05, 4.69) is 15.3 Å². The van der Waals surface area contributed by atoms with Gasteiger partial charge in [0, 0.05) is 31.4 Å². The topological polar surface area (TPSA) is 84.3 Å². The monoisotopic (exact) mass is 265 g/mol. The number of hydrogen-bond acceptors (Lipinski definition) is 5. The van der Waals surface area contributed by atoms with Crippen molar-refractivity contribution in [2.75, 3.05) is 19.0 Å². The molecule has 1 heterocycles. The highest BCUT2D eigenvalue weighted by atomic mass is 16.5. The number of aryl methyl sites for hydroxylation is 1. The average Bonchev–Trinajstić information content (AvgIpc) is 2.43. The first-order valence-corrected chi connectivity index (χ1v) is 6.53. The summed E-state index contributed by atoms with van der Waals surface area (Å²) in [5.41, 5.74) is 2.11. The SMILES string of the molecule is COCCC(Nc1ncnc2c1CCCC2)C(=O)O. The quantitative estimate of drug-likeness (QED) is 0.805. The van der Waals surface area contributed by atoms with Gasteiger partial charge in [-0.1, -0.05) is 0 Å². The molecule has 0 amide bonds. The Hall–Kier alpha value is -1.69. The Labute approximate surface area is 112 Å². The Morgan fingerprint density at radius 3 is 3.00 bits per heavy atom. The first-order valence-electron chi connectivity index (χ1n) is 6.53. The Morgan fingerprint density at radius 2 is 2.26 bits per heavy atom. The minimum absolute atomic E-state index is 0.400. The van der Waals surface area contributed by atoms with Crippen molar-refractivity contribution in [3.63, 3.8) is 0 Å². The number of hydrogen-bond donors (Lipinski definition) is 2. The maximum atomic E-state index is 11.2. The van der Waals surface area contributed by atoms with Gasteiger partial charge in [0.1, 0.15) is 18.2 Å². The average molecular weight is 265 g/mol. The van der Waals surface area contributed by atoms with Crippen LogP contribution in [0.25, 0.3) is 0 Å². The number of carbonyl (C=O) groups is 1. The van der Waals surface area contributed by atoms with Gasteiger partial charge in [-0.3, -0.25) is 0 Å². The zero-order chi connectivity index (χ0) is 13.7. The van der Waals surface area contributed by atoms with Gasteiger partial charge in [0.15, 0.2) is 0 Å². The summed E-state index contributed by atoms with van der Waals surface area (Å²) in [7, 11) is 1.56. The molecule has 104 valence electrons. The summed E-state index contributed by atoms with van der Waals surface area (Å²) in [5.74, 6) is -0.228. The van der Waals surface area contributed by atoms with E-state index in [1.165, 1.54) is 6.33 Å². The lowest BCUT2D eigenvalue weighted by Crippen LogP contribution is -2.31. The molecule has 0 aliphatic heterocycles. The van der Waals surface area contributed by atoms with E-state index in [0.29, 0.717) is 18.8 Å². The van der Waals surface area contributed by atoms with E-state index in [4.69, 9.17) is 4.74 Å². The normalized spacial score (nSPS) is 15.6. The second-order valence-electron chi connectivity index (χ2n) is 4.67. The summed E-state index contributed by atoms with van der Waals surface area (Å²) in [6, 6.07) is -0.680. The lowest BCUT2D eigenvalue weighted by atomic mass is 9.96. The molecule has 6 nitrogen and oxygen atoms in total. The number of aromatic nitrogens is 2. The van der Waals surface area contributed by atoms with E-state index in [9.17, 15) is 9.90 Å². The van der Waals surface area contributed by atoms with E-state index in [1.54, 1.807) is 7.11 Å². The van der Waals surface area contributed by atoms with E-state index in [-0.39, 0.29) is 0 Å². The first kappa shape index (κ1) is 13.7. The number of carboxylic acids is 1. The molecule has 1 aromatic rings. The number of fused-ring (bicyclic) bond motifs is 1. The third-order valence-electron chi connectivity index (χ3n) is 3.34. The van der Waals surface area contributed by atoms with Crippen LogP contribution in [-0.4, -0.2) is 40.8 Å². The molecular formula is C13H19N3O3. The van der Waals surface area contributed by atoms with Crippen LogP contribution in [0, 0.1) is 0 Å². The minimum atomic E-state index is -0.889. The van der Waals surface area contributed by atoms with E-state index >= 15 is 0 Å². The lowest BCUT2D eigenvalue weighted by Gasteiger charge is -2.21. The van der Waals surface area contributed by atoms with Crippen molar-refractivity contribution in [2.24, 2.45) is 0 Å². The molecular weight excluding hydrogens is 246 g/mol. The van der Waals surface area contributed by atoms with Crippen LogP contribution < -0.4 is 5.32 Å². The second-order valence-corrected chi connectivity index (χ2v) is 4.67. The van der Waals surface area contributed by atoms with Crippen molar-refractivity contribution in [3.8, 4) is 0 Å². The molecule has 19 heavy (non-hydrogen) atoms. The third kappa shape index (κ3) is 3.41. The molecule has 0 aromatic carbocycles. The molecule has 1 atom stereocenters. The van der Waals surface area contributed by atoms with Gasteiger partial charge in [0.25, 0.3) is 0 Å². The fourth-order valence-corrected chi connectivity index (χ4v) is 2.30. The van der Waals surface area contributed by atoms with Crippen molar-refractivity contribution >= 4 is 11.8 Å². The van der Waals surface area contributed by atoms with Crippen molar-refractivity contribution in [1.29, 1.82) is 0 Å². The molecule has 0 spiro atoms. The van der Waals surface area contributed by atoms with Crippen molar-refractivity contribution < 1.29 is 14.6 Å². The van der Waals surface area contributed by atoms with Crippen molar-refractivity contribution in [1.82, 2.24) is 9.97 Å². The number of methoxy groups -OCH3 is 1. The number of anilines is 1. The van der Waals surface area contributed by atoms with E-state index in [0.717, 1.165) is 36.9 Å². The van der Waals surface area contributed by atoms with Gasteiger partial charge in [-0.15, -0.1) is 0 Å². The van der Waals surface area contributed by atoms with Crippen molar-refractivity contribution in [2.45, 2.75) is 38.1 Å². The number of rotatable bonds is 6. The summed E-state index contributed by atoms with van der Waals surface area (Å²) < 4.78 is 4.94. The number of nitrogens with one attached hydrogen (secondary N) is 1. The highest BCUT2D eigenvalue weighted by Gasteiger charge is 2.21. The van der Waals surface area contributed by atoms with Gasteiger partial charge in [-0.25, -0.2) is 14.8 Å². The van der Waals surface area contributed by atoms with E-state index in [1.807, 2.05) is 0 Å². The molecule has 0 bridgehead atoms. The zero-order valence-corrected chi connectivity index (χ0v) is 11.1. The minimum Gasteiger partial charge on any atom is -0.480 e. The molecule has 1 aliphatic rings. The van der Waals surface area contributed by atoms with Gasteiger partial charge >= 0.3 is 5.97 Å². The molecule has 1 unspecified atom stereocenters. The predicted molar refractivity (Wildman–Crippen MR) is 70.2 cm³/mol. The van der Waals surface area contributed by atoms with E-state index < -0.39 is 12.0 Å². The molecule has 0 fully saturated rings. The van der Waals surface area contributed by atoms with Crippen LogP contribution in [0.2, 0.25) is 0 Å². The molecule has 2 N–H and O–H groups in total. The van der Waals surface area contributed by atoms with Crippen LogP contribution in [0.4, 0.5) is 5.82 Å². The Kier molecular flexibility index (Phi) is 4.68. The van der Waals surface area contributed by atoms with Crippen LogP contribution in [0.1, 0.15) is 30.5 Å². The van der Waals surface area contributed by atoms with Crippen LogP contribution in [0.15, 0.2) is 6.33 Å². The summed E-state index contributed by atoms with van der Waals surface area (Å²) in [5, 5.41) is 12.2. The van der Waals surface area contributed by atoms with Gasteiger partial charge in [-0.2, -0.15) is 0 Å². The number of carboxylic acid groups (broad SMARTS) is 1. The molecule has 6 heteroatoms. The van der Waals surface area contributed by atoms with Gasteiger partial charge < -0.3 is 15.2 Å². The smallest absolute Gasteiger partial charge is 0.326 e. The molecule has 0 saturated heterocycles. The highest BCUT2D eigenvalue weighted by molar-refractivity contribution is 5.77. The fourth-order valence-electron chi connectivity index (χ4n) is 2.30. The zero-order valence-electron chi connectivity index (χ0n) is 11.1. The van der Waals surface area contributed by atoms with Gasteiger partial charge in [0.2, 0.25) is 0 Å². The van der Waals surface area contributed by atoms with Crippen LogP contribution in [0.5, 0.6) is 0 Å². The number of ether oxygens (including phenoxy) is 1. The molecule has 1 aromatic heterocycles. The Bertz CT molecular complexity index is 451. The third-order valence-corrected chi connectivity index (χ3v) is 3.34. The van der Waals surface area contributed by atoms with Crippen LogP contribution in [0.3, 0.4) is 0 Å². The number of nitrogens with zero attached hydrogens (tertiary/aromatic N) is 2. The summed E-state index contributed by atoms with van der Waals surface area (Å²) in [4.78, 5) is 19.7. The molecule has 0 saturated carbocycles. The van der Waals surface area contributed by atoms with Crippen LogP contribution in [-0.2, 0) is 22.4 Å². The Morgan fingerprint density at radius 1 is 1.47 bits per heavy atom. The molecule has 2 rings (SSSR count). The Balaban J connectivity index is 2.14. The maximum Gasteiger partial charge on any atom is 0.326 e. The summed E-state index contributed by atoms with van der Waals surface area (Å²) in [6.45, 7) is 0.400. The van der Waals surface area contributed by atoms with Crippen molar-refractivity contribution in [3.05, 3.63) is 17.6 Å². The van der Waals surface area contributed by atoms with Crippen LogP contribution >= 0.6 is 0 Å². The lowest BCUT2D eigenvalue weighted by molar-refractivity contribution is -0.138. The standard InChI is InChI=1S/C13H19N3O3/c1-19-7-6-11(13(17)18)16-12-9-4-2-3-5-10(9)14-8-15-12/h8,11H,2-7H2,1H3,(H,17,18)(H,14,15,16). The highest BCUT2D eigenvalue weighted by Crippen LogP contribution is 2.25. The van der Waals surface area contributed by atoms with Gasteiger partial charge in [0.05, 0.1) is 0 Å².